The Balaban J connectivity index is 2.00. The normalized spacial score (nSPS) is 17.7. The van der Waals surface area contributed by atoms with Gasteiger partial charge >= 0.3 is 0 Å². The summed E-state index contributed by atoms with van der Waals surface area (Å²) in [4.78, 5) is 16.4. The second kappa shape index (κ2) is 8.10. The first-order chi connectivity index (χ1) is 11.4. The lowest BCUT2D eigenvalue weighted by molar-refractivity contribution is -0.133. The van der Waals surface area contributed by atoms with Gasteiger partial charge in [-0.1, -0.05) is 31.2 Å². The van der Waals surface area contributed by atoms with Crippen molar-refractivity contribution in [2.75, 3.05) is 40.4 Å². The Labute approximate surface area is 144 Å². The SMILES string of the molecule is CN(CC(=O)N(C)[C@@H]1CCCc2ccccc21)CC(C)(CO)CO. The molecule has 0 bridgehead atoms. The molecule has 1 amide bonds. The summed E-state index contributed by atoms with van der Waals surface area (Å²) >= 11 is 0. The van der Waals surface area contributed by atoms with Crippen LogP contribution in [0.1, 0.15) is 36.9 Å². The number of fused-ring (bicyclic) bond motifs is 1. The maximum absolute atomic E-state index is 12.7. The molecular formula is C19H30N2O3. The van der Waals surface area contributed by atoms with Gasteiger partial charge in [-0.2, -0.15) is 0 Å². The minimum Gasteiger partial charge on any atom is -0.396 e. The average molecular weight is 334 g/mol. The zero-order valence-electron chi connectivity index (χ0n) is 15.0. The first-order valence-electron chi connectivity index (χ1n) is 8.64. The van der Waals surface area contributed by atoms with E-state index in [2.05, 4.69) is 18.2 Å². The quantitative estimate of drug-likeness (QED) is 0.792. The third-order valence-corrected chi connectivity index (χ3v) is 5.02. The minimum absolute atomic E-state index is 0.0671. The van der Waals surface area contributed by atoms with Crippen molar-refractivity contribution >= 4 is 5.91 Å². The van der Waals surface area contributed by atoms with Crippen molar-refractivity contribution in [3.8, 4) is 0 Å². The van der Waals surface area contributed by atoms with E-state index >= 15 is 0 Å². The van der Waals surface area contributed by atoms with Crippen LogP contribution in [0.5, 0.6) is 0 Å². The third-order valence-electron chi connectivity index (χ3n) is 5.02. The summed E-state index contributed by atoms with van der Waals surface area (Å²) in [6, 6.07) is 8.51. The van der Waals surface area contributed by atoms with Crippen molar-refractivity contribution in [1.29, 1.82) is 0 Å². The van der Waals surface area contributed by atoms with Gasteiger partial charge in [-0.25, -0.2) is 0 Å². The Morgan fingerprint density at radius 1 is 1.25 bits per heavy atom. The highest BCUT2D eigenvalue weighted by Gasteiger charge is 2.29. The molecule has 0 radical (unpaired) electrons. The van der Waals surface area contributed by atoms with Gasteiger partial charge in [0.05, 0.1) is 25.8 Å². The topological polar surface area (TPSA) is 64.0 Å². The van der Waals surface area contributed by atoms with Crippen LogP contribution in [0.25, 0.3) is 0 Å². The lowest BCUT2D eigenvalue weighted by Gasteiger charge is -2.35. The molecule has 134 valence electrons. The highest BCUT2D eigenvalue weighted by atomic mass is 16.3. The Bertz CT molecular complexity index is 557. The Morgan fingerprint density at radius 3 is 2.58 bits per heavy atom. The van der Waals surface area contributed by atoms with Crippen LogP contribution in [-0.4, -0.2) is 66.3 Å². The predicted octanol–water partition coefficient (Wildman–Crippen LogP) is 1.45. The number of aliphatic hydroxyl groups excluding tert-OH is 2. The van der Waals surface area contributed by atoms with Gasteiger partial charge in [0.2, 0.25) is 5.91 Å². The highest BCUT2D eigenvalue weighted by molar-refractivity contribution is 5.78. The number of carbonyl (C=O) groups is 1. The van der Waals surface area contributed by atoms with Crippen molar-refractivity contribution in [3.63, 3.8) is 0 Å². The molecule has 0 fully saturated rings. The summed E-state index contributed by atoms with van der Waals surface area (Å²) in [7, 11) is 3.73. The van der Waals surface area contributed by atoms with Crippen LogP contribution in [0.3, 0.4) is 0 Å². The van der Waals surface area contributed by atoms with Crippen molar-refractivity contribution in [1.82, 2.24) is 9.80 Å². The maximum Gasteiger partial charge on any atom is 0.236 e. The van der Waals surface area contributed by atoms with Crippen LogP contribution in [0, 0.1) is 5.41 Å². The van der Waals surface area contributed by atoms with Crippen molar-refractivity contribution < 1.29 is 15.0 Å². The molecule has 2 N–H and O–H groups in total. The van der Waals surface area contributed by atoms with Crippen LogP contribution in [0.15, 0.2) is 24.3 Å². The largest absolute Gasteiger partial charge is 0.396 e. The van der Waals surface area contributed by atoms with E-state index in [-0.39, 0.29) is 31.7 Å². The second-order valence-corrected chi connectivity index (χ2v) is 7.41. The fraction of sp³-hybridized carbons (Fsp3) is 0.632. The number of aryl methyl sites for hydroxylation is 1. The molecule has 1 aromatic rings. The van der Waals surface area contributed by atoms with Crippen LogP contribution in [0.2, 0.25) is 0 Å². The first-order valence-corrected chi connectivity index (χ1v) is 8.64. The molecule has 0 aromatic heterocycles. The van der Waals surface area contributed by atoms with Crippen molar-refractivity contribution in [2.45, 2.75) is 32.2 Å². The molecule has 5 heteroatoms. The number of likely N-dealkylation sites (N-methyl/N-ethyl adjacent to an activating group) is 2. The molecule has 0 unspecified atom stereocenters. The smallest absolute Gasteiger partial charge is 0.236 e. The number of hydrogen-bond acceptors (Lipinski definition) is 4. The average Bonchev–Trinajstić information content (AvgIpc) is 2.60. The summed E-state index contributed by atoms with van der Waals surface area (Å²) in [5.74, 6) is 0.0671. The number of carbonyl (C=O) groups excluding carboxylic acids is 1. The summed E-state index contributed by atoms with van der Waals surface area (Å²) in [6.07, 6.45) is 3.18. The zero-order chi connectivity index (χ0) is 17.7. The Morgan fingerprint density at radius 2 is 1.92 bits per heavy atom. The summed E-state index contributed by atoms with van der Waals surface area (Å²) in [5, 5.41) is 18.8. The van der Waals surface area contributed by atoms with Gasteiger partial charge in [0.15, 0.2) is 0 Å². The number of aliphatic hydroxyl groups is 2. The molecule has 24 heavy (non-hydrogen) atoms. The van der Waals surface area contributed by atoms with Crippen LogP contribution >= 0.6 is 0 Å². The van der Waals surface area contributed by atoms with Gasteiger partial charge in [-0.05, 0) is 37.4 Å². The van der Waals surface area contributed by atoms with E-state index in [0.29, 0.717) is 6.54 Å². The Kier molecular flexibility index (Phi) is 6.38. The molecule has 0 saturated heterocycles. The van der Waals surface area contributed by atoms with Gasteiger partial charge in [-0.15, -0.1) is 0 Å². The van der Waals surface area contributed by atoms with Gasteiger partial charge in [0, 0.05) is 19.0 Å². The van der Waals surface area contributed by atoms with E-state index in [9.17, 15) is 15.0 Å². The molecule has 1 aromatic carbocycles. The van der Waals surface area contributed by atoms with Crippen molar-refractivity contribution in [2.24, 2.45) is 5.41 Å². The molecule has 5 nitrogen and oxygen atoms in total. The monoisotopic (exact) mass is 334 g/mol. The predicted molar refractivity (Wildman–Crippen MR) is 94.7 cm³/mol. The van der Waals surface area contributed by atoms with E-state index in [1.165, 1.54) is 11.1 Å². The lowest BCUT2D eigenvalue weighted by Crippen LogP contribution is -2.44. The third kappa shape index (κ3) is 4.35. The van der Waals surface area contributed by atoms with Gasteiger partial charge in [-0.3, -0.25) is 9.69 Å². The van der Waals surface area contributed by atoms with E-state index < -0.39 is 5.41 Å². The standard InChI is InChI=1S/C19H30N2O3/c1-19(13-22,14-23)12-20(2)11-18(24)21(3)17-10-6-8-15-7-4-5-9-16(15)17/h4-5,7,9,17,22-23H,6,8,10-14H2,1-3H3/t17-/m1/s1. The summed E-state index contributed by atoms with van der Waals surface area (Å²) in [6.45, 7) is 2.36. The van der Waals surface area contributed by atoms with Crippen molar-refractivity contribution in [3.05, 3.63) is 35.4 Å². The number of rotatable bonds is 7. The molecule has 0 heterocycles. The maximum atomic E-state index is 12.7. The highest BCUT2D eigenvalue weighted by Crippen LogP contribution is 2.33. The van der Waals surface area contributed by atoms with Crippen LogP contribution < -0.4 is 0 Å². The van der Waals surface area contributed by atoms with Gasteiger partial charge < -0.3 is 15.1 Å². The van der Waals surface area contributed by atoms with Gasteiger partial charge in [0.1, 0.15) is 0 Å². The molecule has 0 saturated carbocycles. The molecule has 0 aliphatic heterocycles. The number of amides is 1. The number of benzene rings is 1. The number of hydrogen-bond donors (Lipinski definition) is 2. The fourth-order valence-corrected chi connectivity index (χ4v) is 3.50. The first kappa shape index (κ1) is 18.9. The summed E-state index contributed by atoms with van der Waals surface area (Å²) < 4.78 is 0. The van der Waals surface area contributed by atoms with Crippen LogP contribution in [-0.2, 0) is 11.2 Å². The van der Waals surface area contributed by atoms with Crippen LogP contribution in [0.4, 0.5) is 0 Å². The zero-order valence-corrected chi connectivity index (χ0v) is 15.0. The molecule has 1 aliphatic rings. The summed E-state index contributed by atoms with van der Waals surface area (Å²) in [5.41, 5.74) is 2.01. The molecule has 0 spiro atoms. The van der Waals surface area contributed by atoms with E-state index in [4.69, 9.17) is 0 Å². The van der Waals surface area contributed by atoms with E-state index in [0.717, 1.165) is 19.3 Å². The Hall–Kier alpha value is -1.43. The van der Waals surface area contributed by atoms with E-state index in [1.54, 1.807) is 0 Å². The fourth-order valence-electron chi connectivity index (χ4n) is 3.50. The second-order valence-electron chi connectivity index (χ2n) is 7.41. The number of nitrogens with zero attached hydrogens (tertiary/aromatic N) is 2. The van der Waals surface area contributed by atoms with E-state index in [1.807, 2.05) is 36.9 Å². The molecular weight excluding hydrogens is 304 g/mol. The van der Waals surface area contributed by atoms with Gasteiger partial charge in [0.25, 0.3) is 0 Å². The lowest BCUT2D eigenvalue weighted by atomic mass is 9.87. The molecule has 2 rings (SSSR count). The minimum atomic E-state index is -0.592. The molecule has 1 aliphatic carbocycles. The molecule has 1 atom stereocenters.